The quantitative estimate of drug-likeness (QED) is 0.313. The summed E-state index contributed by atoms with van der Waals surface area (Å²) in [5, 5.41) is 10.4. The molecular weight excluding hydrogens is 408 g/mol. The van der Waals surface area contributed by atoms with Crippen LogP contribution in [0.25, 0.3) is 22.8 Å². The summed E-state index contributed by atoms with van der Waals surface area (Å²) in [6.07, 6.45) is 3.44. The minimum atomic E-state index is -0.247. The molecule has 0 atom stereocenters. The van der Waals surface area contributed by atoms with E-state index in [2.05, 4.69) is 10.3 Å². The molecule has 2 aromatic carbocycles. The summed E-state index contributed by atoms with van der Waals surface area (Å²) in [7, 11) is 4.66. The molecule has 32 heavy (non-hydrogen) atoms. The third kappa shape index (κ3) is 3.74. The van der Waals surface area contributed by atoms with E-state index in [1.807, 2.05) is 24.3 Å². The number of nitrogens with one attached hydrogen (secondary N) is 2. The predicted molar refractivity (Wildman–Crippen MR) is 123 cm³/mol. The number of rotatable bonds is 6. The van der Waals surface area contributed by atoms with Crippen molar-refractivity contribution in [3.8, 4) is 28.4 Å². The lowest BCUT2D eigenvalue weighted by Crippen LogP contribution is -2.10. The number of anilines is 1. The number of benzene rings is 2. The van der Waals surface area contributed by atoms with Crippen LogP contribution in [0.5, 0.6) is 17.2 Å². The number of nitrogen functional groups attached to an aromatic ring is 1. The smallest absolute Gasteiger partial charge is 0.257 e. The topological polar surface area (TPSA) is 120 Å². The molecule has 3 aromatic rings. The van der Waals surface area contributed by atoms with Gasteiger partial charge in [-0.25, -0.2) is 4.98 Å². The third-order valence-electron chi connectivity index (χ3n) is 5.16. The molecule has 0 saturated carbocycles. The molecule has 1 amide bonds. The average Bonchev–Trinajstić information content (AvgIpc) is 3.12. The van der Waals surface area contributed by atoms with Crippen LogP contribution in [0.2, 0.25) is 0 Å². The number of hydrogen-bond acceptors (Lipinski definition) is 6. The maximum atomic E-state index is 12.6. The van der Waals surface area contributed by atoms with Crippen molar-refractivity contribution in [2.75, 3.05) is 26.6 Å². The van der Waals surface area contributed by atoms with Gasteiger partial charge in [0, 0.05) is 22.9 Å². The summed E-state index contributed by atoms with van der Waals surface area (Å²) < 4.78 is 16.3. The van der Waals surface area contributed by atoms with E-state index in [1.165, 1.54) is 0 Å². The number of aromatic nitrogens is 1. The molecule has 4 rings (SSSR count). The van der Waals surface area contributed by atoms with Gasteiger partial charge in [0.15, 0.2) is 11.5 Å². The number of nitrogens with two attached hydrogens (primary N) is 1. The fraction of sp³-hybridized carbons (Fsp3) is 0.125. The normalized spacial score (nSPS) is 13.5. The first kappa shape index (κ1) is 20.9. The second-order valence-corrected chi connectivity index (χ2v) is 7.09. The van der Waals surface area contributed by atoms with Gasteiger partial charge in [-0.3, -0.25) is 10.2 Å². The van der Waals surface area contributed by atoms with E-state index in [-0.39, 0.29) is 11.7 Å². The molecule has 1 aromatic heterocycles. The number of nitrogens with zero attached hydrogens (tertiary/aromatic N) is 1. The fourth-order valence-corrected chi connectivity index (χ4v) is 3.58. The van der Waals surface area contributed by atoms with Crippen molar-refractivity contribution in [1.29, 1.82) is 5.41 Å². The lowest BCUT2D eigenvalue weighted by molar-refractivity contribution is -0.110. The molecule has 1 aliphatic rings. The largest absolute Gasteiger partial charge is 0.493 e. The zero-order valence-corrected chi connectivity index (χ0v) is 17.9. The van der Waals surface area contributed by atoms with Gasteiger partial charge >= 0.3 is 0 Å². The predicted octanol–water partition coefficient (Wildman–Crippen LogP) is 3.55. The van der Waals surface area contributed by atoms with Gasteiger partial charge in [0.05, 0.1) is 26.9 Å². The molecular formula is C24H22N4O4. The highest BCUT2D eigenvalue weighted by atomic mass is 16.5. The number of amidine groups is 1. The Hall–Kier alpha value is -4.33. The molecule has 1 aliphatic heterocycles. The van der Waals surface area contributed by atoms with Gasteiger partial charge in [-0.05, 0) is 41.5 Å². The van der Waals surface area contributed by atoms with E-state index in [4.69, 9.17) is 25.4 Å². The number of carbonyl (C=O) groups is 1. The molecule has 4 N–H and O–H groups in total. The fourth-order valence-electron chi connectivity index (χ4n) is 3.58. The number of pyridine rings is 1. The van der Waals surface area contributed by atoms with Crippen LogP contribution in [0.15, 0.2) is 48.7 Å². The lowest BCUT2D eigenvalue weighted by atomic mass is 10.00. The molecule has 0 bridgehead atoms. The van der Waals surface area contributed by atoms with Crippen molar-refractivity contribution in [3.63, 3.8) is 0 Å². The summed E-state index contributed by atoms with van der Waals surface area (Å²) in [4.78, 5) is 17.1. The van der Waals surface area contributed by atoms with E-state index in [0.717, 1.165) is 16.7 Å². The first-order valence-corrected chi connectivity index (χ1v) is 9.73. The molecule has 2 heterocycles. The maximum absolute atomic E-state index is 12.6. The Morgan fingerprint density at radius 2 is 1.75 bits per heavy atom. The van der Waals surface area contributed by atoms with E-state index < -0.39 is 0 Å². The average molecular weight is 430 g/mol. The van der Waals surface area contributed by atoms with Crippen LogP contribution in [0.1, 0.15) is 16.7 Å². The number of ether oxygens (including phenoxy) is 3. The van der Waals surface area contributed by atoms with Gasteiger partial charge < -0.3 is 25.3 Å². The van der Waals surface area contributed by atoms with Crippen molar-refractivity contribution >= 4 is 29.2 Å². The van der Waals surface area contributed by atoms with E-state index >= 15 is 0 Å². The van der Waals surface area contributed by atoms with Crippen molar-refractivity contribution < 1.29 is 19.0 Å². The Labute approximate surface area is 185 Å². The van der Waals surface area contributed by atoms with Crippen molar-refractivity contribution in [2.45, 2.75) is 0 Å². The second kappa shape index (κ2) is 8.43. The van der Waals surface area contributed by atoms with E-state index in [9.17, 15) is 4.79 Å². The number of methoxy groups -OCH3 is 3. The van der Waals surface area contributed by atoms with Gasteiger partial charge in [-0.2, -0.15) is 0 Å². The Kier molecular flexibility index (Phi) is 5.51. The molecule has 0 fully saturated rings. The molecule has 8 heteroatoms. The summed E-state index contributed by atoms with van der Waals surface area (Å²) in [5.41, 5.74) is 9.66. The standard InChI is InChI=1S/C24H22N4O4/c1-30-19-10-15(11-20(31-2)21(19)32-3)16-9-17-18(24(29)28-23(17)27-12-16)8-13-5-4-6-14(7-13)22(25)26/h4-12H,1-3H3,(H3,25,26)(H,27,28,29). The molecule has 0 aliphatic carbocycles. The number of carbonyl (C=O) groups excluding carboxylic acids is 1. The molecule has 0 saturated heterocycles. The number of hydrogen-bond donors (Lipinski definition) is 3. The lowest BCUT2D eigenvalue weighted by Gasteiger charge is -2.14. The first-order chi connectivity index (χ1) is 15.4. The molecule has 0 radical (unpaired) electrons. The summed E-state index contributed by atoms with van der Waals surface area (Å²) in [6.45, 7) is 0. The highest BCUT2D eigenvalue weighted by Gasteiger charge is 2.26. The van der Waals surface area contributed by atoms with Crippen molar-refractivity contribution in [1.82, 2.24) is 4.98 Å². The summed E-state index contributed by atoms with van der Waals surface area (Å²) >= 11 is 0. The van der Waals surface area contributed by atoms with Crippen molar-refractivity contribution in [3.05, 3.63) is 65.4 Å². The van der Waals surface area contributed by atoms with Crippen LogP contribution >= 0.6 is 0 Å². The van der Waals surface area contributed by atoms with E-state index in [0.29, 0.717) is 39.8 Å². The van der Waals surface area contributed by atoms with Gasteiger partial charge in [-0.1, -0.05) is 18.2 Å². The van der Waals surface area contributed by atoms with Gasteiger partial charge in [0.2, 0.25) is 5.75 Å². The van der Waals surface area contributed by atoms with Gasteiger partial charge in [-0.15, -0.1) is 0 Å². The molecule has 0 unspecified atom stereocenters. The van der Waals surface area contributed by atoms with Crippen LogP contribution in [0, 0.1) is 5.41 Å². The number of amides is 1. The zero-order chi connectivity index (χ0) is 22.8. The Balaban J connectivity index is 1.80. The van der Waals surface area contributed by atoms with Crippen LogP contribution < -0.4 is 25.3 Å². The van der Waals surface area contributed by atoms with Crippen molar-refractivity contribution in [2.24, 2.45) is 5.73 Å². The highest BCUT2D eigenvalue weighted by molar-refractivity contribution is 6.34. The third-order valence-corrected chi connectivity index (χ3v) is 5.16. The first-order valence-electron chi connectivity index (χ1n) is 9.73. The SMILES string of the molecule is COc1cc(-c2cnc3c(c2)C(=Cc2cccc(C(=N)N)c2)C(=O)N3)cc(OC)c1OC. The van der Waals surface area contributed by atoms with Gasteiger partial charge in [0.1, 0.15) is 11.7 Å². The summed E-state index contributed by atoms with van der Waals surface area (Å²) in [5.74, 6) is 1.74. The minimum Gasteiger partial charge on any atom is -0.493 e. The Morgan fingerprint density at radius 1 is 1.03 bits per heavy atom. The summed E-state index contributed by atoms with van der Waals surface area (Å²) in [6, 6.07) is 12.7. The van der Waals surface area contributed by atoms with Crippen LogP contribution in [0.3, 0.4) is 0 Å². The molecule has 162 valence electrons. The zero-order valence-electron chi connectivity index (χ0n) is 17.9. The monoisotopic (exact) mass is 430 g/mol. The van der Waals surface area contributed by atoms with E-state index in [1.54, 1.807) is 51.8 Å². The van der Waals surface area contributed by atoms with Crippen LogP contribution in [-0.2, 0) is 4.79 Å². The Morgan fingerprint density at radius 3 is 2.38 bits per heavy atom. The molecule has 0 spiro atoms. The highest BCUT2D eigenvalue weighted by Crippen LogP contribution is 2.42. The minimum absolute atomic E-state index is 0.0344. The van der Waals surface area contributed by atoms with Gasteiger partial charge in [0.25, 0.3) is 5.91 Å². The maximum Gasteiger partial charge on any atom is 0.257 e. The van der Waals surface area contributed by atoms with Crippen LogP contribution in [-0.4, -0.2) is 38.1 Å². The van der Waals surface area contributed by atoms with Crippen LogP contribution in [0.4, 0.5) is 5.82 Å². The Bertz CT molecular complexity index is 1240. The second-order valence-electron chi connectivity index (χ2n) is 7.09. The number of fused-ring (bicyclic) bond motifs is 1. The molecule has 8 nitrogen and oxygen atoms in total.